The summed E-state index contributed by atoms with van der Waals surface area (Å²) in [5.74, 6) is -1.09. The van der Waals surface area contributed by atoms with Gasteiger partial charge in [0.2, 0.25) is 0 Å². The minimum atomic E-state index is -1.31. The standard InChI is InChI=1S/C14H21BN2O4.CH5N/c18-14(19)13-10-17(9-12-5-1-2-7-16-12)8-11(13)4-3-6-15(20)21;1-2/h1-2,5,7,11,13,20-21H,3-4,6,8-10H2,(H,18,19);2H2,1H3. The summed E-state index contributed by atoms with van der Waals surface area (Å²) in [6, 6.07) is 5.72. The van der Waals surface area contributed by atoms with Gasteiger partial charge >= 0.3 is 13.1 Å². The van der Waals surface area contributed by atoms with E-state index in [0.717, 1.165) is 12.2 Å². The number of aliphatic carboxylic acids is 1. The maximum Gasteiger partial charge on any atom is 0.451 e. The second-order valence-electron chi connectivity index (χ2n) is 5.63. The van der Waals surface area contributed by atoms with E-state index in [0.29, 0.717) is 32.3 Å². The normalized spacial score (nSPS) is 20.7. The molecule has 23 heavy (non-hydrogen) atoms. The van der Waals surface area contributed by atoms with Crippen LogP contribution < -0.4 is 5.73 Å². The first-order valence-corrected chi connectivity index (χ1v) is 7.85. The first-order chi connectivity index (χ1) is 11.1. The van der Waals surface area contributed by atoms with E-state index in [1.807, 2.05) is 18.2 Å². The van der Waals surface area contributed by atoms with E-state index in [9.17, 15) is 9.90 Å². The van der Waals surface area contributed by atoms with Crippen LogP contribution in [0.3, 0.4) is 0 Å². The molecule has 0 saturated carbocycles. The smallest absolute Gasteiger partial charge is 0.451 e. The maximum absolute atomic E-state index is 11.4. The predicted molar refractivity (Wildman–Crippen MR) is 88.5 cm³/mol. The molecule has 0 bridgehead atoms. The number of aromatic nitrogens is 1. The highest BCUT2D eigenvalue weighted by molar-refractivity contribution is 6.40. The Morgan fingerprint density at radius 2 is 2.13 bits per heavy atom. The Morgan fingerprint density at radius 1 is 1.39 bits per heavy atom. The van der Waals surface area contributed by atoms with Crippen LogP contribution in [0.4, 0.5) is 0 Å². The lowest BCUT2D eigenvalue weighted by Crippen LogP contribution is -2.23. The number of hydrogen-bond acceptors (Lipinski definition) is 6. The summed E-state index contributed by atoms with van der Waals surface area (Å²) in [5, 5.41) is 27.1. The maximum atomic E-state index is 11.4. The Labute approximate surface area is 137 Å². The fraction of sp³-hybridized carbons (Fsp3) is 0.600. The predicted octanol–water partition coefficient (Wildman–Crippen LogP) is 0.0421. The van der Waals surface area contributed by atoms with Gasteiger partial charge in [-0.2, -0.15) is 0 Å². The van der Waals surface area contributed by atoms with Gasteiger partial charge < -0.3 is 20.9 Å². The van der Waals surface area contributed by atoms with Crippen molar-refractivity contribution in [3.63, 3.8) is 0 Å². The van der Waals surface area contributed by atoms with Gasteiger partial charge in [-0.3, -0.25) is 14.7 Å². The monoisotopic (exact) mass is 323 g/mol. The second-order valence-corrected chi connectivity index (χ2v) is 5.63. The number of carboxylic acid groups (broad SMARTS) is 1. The summed E-state index contributed by atoms with van der Waals surface area (Å²) in [6.45, 7) is 1.90. The van der Waals surface area contributed by atoms with Crippen LogP contribution in [0.25, 0.3) is 0 Å². The van der Waals surface area contributed by atoms with Crippen molar-refractivity contribution in [2.45, 2.75) is 25.7 Å². The summed E-state index contributed by atoms with van der Waals surface area (Å²) < 4.78 is 0. The second kappa shape index (κ2) is 10.3. The van der Waals surface area contributed by atoms with Crippen molar-refractivity contribution in [2.75, 3.05) is 20.1 Å². The molecule has 7 nitrogen and oxygen atoms in total. The molecule has 1 aromatic rings. The average Bonchev–Trinajstić information content (AvgIpc) is 2.93. The molecule has 0 radical (unpaired) electrons. The van der Waals surface area contributed by atoms with Crippen LogP contribution in [0.15, 0.2) is 24.4 Å². The number of rotatable bonds is 7. The molecule has 8 heteroatoms. The summed E-state index contributed by atoms with van der Waals surface area (Å²) in [4.78, 5) is 17.7. The molecular formula is C15H26BN3O4. The Bertz CT molecular complexity index is 461. The van der Waals surface area contributed by atoms with Crippen molar-refractivity contribution in [2.24, 2.45) is 17.6 Å². The fourth-order valence-corrected chi connectivity index (χ4v) is 2.95. The van der Waals surface area contributed by atoms with Crippen LogP contribution in [0.5, 0.6) is 0 Å². The van der Waals surface area contributed by atoms with Gasteiger partial charge in [-0.1, -0.05) is 12.5 Å². The molecule has 2 rings (SSSR count). The Morgan fingerprint density at radius 3 is 2.70 bits per heavy atom. The summed E-state index contributed by atoms with van der Waals surface area (Å²) in [7, 11) is 0.194. The van der Waals surface area contributed by atoms with Crippen LogP contribution in [0.2, 0.25) is 6.32 Å². The van der Waals surface area contributed by atoms with Crippen molar-refractivity contribution in [1.82, 2.24) is 9.88 Å². The molecule has 0 spiro atoms. The molecular weight excluding hydrogens is 297 g/mol. The topological polar surface area (TPSA) is 120 Å². The molecule has 1 aromatic heterocycles. The van der Waals surface area contributed by atoms with Crippen molar-refractivity contribution in [3.8, 4) is 0 Å². The number of nitrogens with zero attached hydrogens (tertiary/aromatic N) is 2. The number of carboxylic acids is 1. The number of pyridine rings is 1. The SMILES string of the molecule is CN.O=C(O)C1CN(Cc2ccccn2)CC1CCCB(O)O. The van der Waals surface area contributed by atoms with Gasteiger partial charge in [0.25, 0.3) is 0 Å². The fourth-order valence-electron chi connectivity index (χ4n) is 2.95. The van der Waals surface area contributed by atoms with E-state index in [1.165, 1.54) is 7.05 Å². The number of nitrogens with two attached hydrogens (primary N) is 1. The highest BCUT2D eigenvalue weighted by atomic mass is 16.4. The lowest BCUT2D eigenvalue weighted by molar-refractivity contribution is -0.142. The minimum Gasteiger partial charge on any atom is -0.481 e. The Kier molecular flexibility index (Phi) is 8.79. The number of likely N-dealkylation sites (tertiary alicyclic amines) is 1. The largest absolute Gasteiger partial charge is 0.481 e. The zero-order valence-electron chi connectivity index (χ0n) is 13.5. The van der Waals surface area contributed by atoms with Crippen molar-refractivity contribution < 1.29 is 19.9 Å². The number of hydrogen-bond donors (Lipinski definition) is 4. The average molecular weight is 323 g/mol. The van der Waals surface area contributed by atoms with Gasteiger partial charge in [-0.15, -0.1) is 0 Å². The molecule has 1 aliphatic heterocycles. The molecule has 0 aromatic carbocycles. The van der Waals surface area contributed by atoms with Gasteiger partial charge in [0.1, 0.15) is 0 Å². The van der Waals surface area contributed by atoms with E-state index >= 15 is 0 Å². The Balaban J connectivity index is 0.00000127. The minimum absolute atomic E-state index is 0.0602. The van der Waals surface area contributed by atoms with E-state index < -0.39 is 13.1 Å². The van der Waals surface area contributed by atoms with E-state index in [-0.39, 0.29) is 11.8 Å². The molecule has 0 aliphatic carbocycles. The van der Waals surface area contributed by atoms with Crippen LogP contribution in [0, 0.1) is 11.8 Å². The first kappa shape index (κ1) is 19.6. The third-order valence-electron chi connectivity index (χ3n) is 3.98. The lowest BCUT2D eigenvalue weighted by atomic mass is 9.80. The molecule has 2 heterocycles. The molecule has 5 N–H and O–H groups in total. The van der Waals surface area contributed by atoms with Crippen LogP contribution >= 0.6 is 0 Å². The van der Waals surface area contributed by atoms with E-state index in [1.54, 1.807) is 6.20 Å². The van der Waals surface area contributed by atoms with Crippen molar-refractivity contribution in [3.05, 3.63) is 30.1 Å². The van der Waals surface area contributed by atoms with E-state index in [2.05, 4.69) is 15.6 Å². The quantitative estimate of drug-likeness (QED) is 0.523. The molecule has 1 aliphatic rings. The van der Waals surface area contributed by atoms with Gasteiger partial charge in [0.15, 0.2) is 0 Å². The zero-order chi connectivity index (χ0) is 17.2. The van der Waals surface area contributed by atoms with Gasteiger partial charge in [0.05, 0.1) is 11.6 Å². The molecule has 1 fully saturated rings. The first-order valence-electron chi connectivity index (χ1n) is 7.85. The zero-order valence-corrected chi connectivity index (χ0v) is 13.5. The summed E-state index contributed by atoms with van der Waals surface area (Å²) in [6.07, 6.45) is 3.36. The van der Waals surface area contributed by atoms with Gasteiger partial charge in [0, 0.05) is 25.8 Å². The third kappa shape index (κ3) is 6.66. The van der Waals surface area contributed by atoms with Gasteiger partial charge in [-0.05, 0) is 37.8 Å². The molecule has 1 saturated heterocycles. The molecule has 128 valence electrons. The van der Waals surface area contributed by atoms with Crippen molar-refractivity contribution in [1.29, 1.82) is 0 Å². The highest BCUT2D eigenvalue weighted by Gasteiger charge is 2.37. The lowest BCUT2D eigenvalue weighted by Gasteiger charge is -2.15. The molecule has 0 amide bonds. The Hall–Kier alpha value is -1.48. The summed E-state index contributed by atoms with van der Waals surface area (Å²) in [5.41, 5.74) is 5.44. The van der Waals surface area contributed by atoms with E-state index in [4.69, 9.17) is 10.0 Å². The summed E-state index contributed by atoms with van der Waals surface area (Å²) >= 11 is 0. The number of carbonyl (C=O) groups is 1. The van der Waals surface area contributed by atoms with Crippen LogP contribution in [-0.4, -0.2) is 58.3 Å². The highest BCUT2D eigenvalue weighted by Crippen LogP contribution is 2.29. The van der Waals surface area contributed by atoms with Gasteiger partial charge in [-0.25, -0.2) is 0 Å². The molecule has 2 atom stereocenters. The van der Waals surface area contributed by atoms with Crippen LogP contribution in [0.1, 0.15) is 18.5 Å². The molecule has 2 unspecified atom stereocenters. The van der Waals surface area contributed by atoms with Crippen molar-refractivity contribution >= 4 is 13.1 Å². The third-order valence-corrected chi connectivity index (χ3v) is 3.98. The van der Waals surface area contributed by atoms with Crippen LogP contribution in [-0.2, 0) is 11.3 Å².